The van der Waals surface area contributed by atoms with E-state index in [2.05, 4.69) is 58.7 Å². The SMILES string of the molecule is CC(C)(C)Cc1ccc(C2=C(C(F)(F)F)c3ccnc(-c4cc(C(C)(C)C)c5ccccc5c4)c3C2)o1. The standard InChI is InChI=1S/C32H32F3NO/c1-30(2,3)18-21-11-12-27(37-21)25-17-24-23(28(25)32(33,34)35)13-14-36-29(24)20-15-19-9-7-8-10-22(19)26(16-20)31(4,5)6/h7-16H,17-18H2,1-6H3. The maximum absolute atomic E-state index is 14.5. The van der Waals surface area contributed by atoms with Gasteiger partial charge in [0.05, 0.1) is 11.3 Å². The summed E-state index contributed by atoms with van der Waals surface area (Å²) in [6.07, 6.45) is -2.26. The molecule has 0 radical (unpaired) electrons. The molecule has 4 aromatic rings. The fraction of sp³-hybridized carbons (Fsp3) is 0.344. The van der Waals surface area contributed by atoms with Crippen molar-refractivity contribution < 1.29 is 17.6 Å². The lowest BCUT2D eigenvalue weighted by Gasteiger charge is -2.23. The van der Waals surface area contributed by atoms with Gasteiger partial charge in [-0.1, -0.05) is 65.8 Å². The van der Waals surface area contributed by atoms with Crippen molar-refractivity contribution in [2.75, 3.05) is 0 Å². The second-order valence-electron chi connectivity index (χ2n) is 12.2. The molecule has 5 heteroatoms. The number of hydrogen-bond donors (Lipinski definition) is 0. The zero-order chi connectivity index (χ0) is 26.8. The lowest BCUT2D eigenvalue weighted by Crippen LogP contribution is -2.12. The summed E-state index contributed by atoms with van der Waals surface area (Å²) in [4.78, 5) is 4.62. The number of rotatable bonds is 3. The fourth-order valence-electron chi connectivity index (χ4n) is 5.34. The van der Waals surface area contributed by atoms with Gasteiger partial charge in [-0.2, -0.15) is 13.2 Å². The number of nitrogens with zero attached hydrogens (tertiary/aromatic N) is 1. The molecule has 2 aromatic heterocycles. The third-order valence-electron chi connectivity index (χ3n) is 6.87. The van der Waals surface area contributed by atoms with Gasteiger partial charge < -0.3 is 4.42 Å². The molecule has 2 nitrogen and oxygen atoms in total. The summed E-state index contributed by atoms with van der Waals surface area (Å²) in [7, 11) is 0. The van der Waals surface area contributed by atoms with Gasteiger partial charge in [0.15, 0.2) is 0 Å². The Labute approximate surface area is 216 Å². The van der Waals surface area contributed by atoms with Crippen molar-refractivity contribution in [2.45, 2.75) is 66.0 Å². The topological polar surface area (TPSA) is 26.0 Å². The van der Waals surface area contributed by atoms with Gasteiger partial charge in [0.2, 0.25) is 0 Å². The fourth-order valence-corrected chi connectivity index (χ4v) is 5.34. The summed E-state index contributed by atoms with van der Waals surface area (Å²) in [6, 6.07) is 17.2. The quantitative estimate of drug-likeness (QED) is 0.278. The molecule has 0 aliphatic heterocycles. The van der Waals surface area contributed by atoms with E-state index in [-0.39, 0.29) is 34.1 Å². The number of benzene rings is 2. The molecule has 0 bridgehead atoms. The number of furan rings is 1. The van der Waals surface area contributed by atoms with E-state index in [1.54, 1.807) is 12.1 Å². The van der Waals surface area contributed by atoms with Crippen molar-refractivity contribution in [1.82, 2.24) is 4.98 Å². The minimum Gasteiger partial charge on any atom is -0.461 e. The molecule has 0 fully saturated rings. The second kappa shape index (κ2) is 8.61. The van der Waals surface area contributed by atoms with Crippen LogP contribution in [0.15, 0.2) is 65.2 Å². The molecular formula is C32H32F3NO. The first-order valence-corrected chi connectivity index (χ1v) is 12.6. The third kappa shape index (κ3) is 4.84. The number of pyridine rings is 1. The van der Waals surface area contributed by atoms with Gasteiger partial charge in [0, 0.05) is 30.2 Å². The van der Waals surface area contributed by atoms with E-state index in [0.717, 1.165) is 21.9 Å². The van der Waals surface area contributed by atoms with Crippen LogP contribution in [0.2, 0.25) is 0 Å². The average Bonchev–Trinajstić information content (AvgIpc) is 3.40. The lowest BCUT2D eigenvalue weighted by molar-refractivity contribution is -0.0684. The zero-order valence-corrected chi connectivity index (χ0v) is 22.2. The first-order valence-electron chi connectivity index (χ1n) is 12.6. The largest absolute Gasteiger partial charge is 0.461 e. The van der Waals surface area contributed by atoms with Gasteiger partial charge in [-0.05, 0) is 68.6 Å². The highest BCUT2D eigenvalue weighted by atomic mass is 19.4. The Bertz CT molecular complexity index is 1520. The van der Waals surface area contributed by atoms with E-state index in [1.165, 1.54) is 12.3 Å². The molecule has 0 spiro atoms. The summed E-state index contributed by atoms with van der Waals surface area (Å²) in [5.74, 6) is 0.970. The molecule has 0 N–H and O–H groups in total. The van der Waals surface area contributed by atoms with Gasteiger partial charge in [-0.15, -0.1) is 0 Å². The molecule has 1 aliphatic rings. The summed E-state index contributed by atoms with van der Waals surface area (Å²) >= 11 is 0. The van der Waals surface area contributed by atoms with Gasteiger partial charge in [-0.25, -0.2) is 0 Å². The summed E-state index contributed by atoms with van der Waals surface area (Å²) in [6.45, 7) is 12.7. The van der Waals surface area contributed by atoms with E-state index < -0.39 is 11.7 Å². The van der Waals surface area contributed by atoms with E-state index in [9.17, 15) is 13.2 Å². The maximum atomic E-state index is 14.5. The predicted octanol–water partition coefficient (Wildman–Crippen LogP) is 9.41. The Kier molecular flexibility index (Phi) is 5.89. The molecule has 37 heavy (non-hydrogen) atoms. The predicted molar refractivity (Wildman–Crippen MR) is 144 cm³/mol. The number of allylic oxidation sites excluding steroid dienone is 2. The van der Waals surface area contributed by atoms with Crippen LogP contribution in [0.4, 0.5) is 13.2 Å². The van der Waals surface area contributed by atoms with Gasteiger partial charge >= 0.3 is 6.18 Å². The Hall–Kier alpha value is -3.34. The monoisotopic (exact) mass is 503 g/mol. The highest BCUT2D eigenvalue weighted by molar-refractivity contribution is 6.00. The molecule has 2 aromatic carbocycles. The number of aromatic nitrogens is 1. The summed E-state index contributed by atoms with van der Waals surface area (Å²) < 4.78 is 49.5. The van der Waals surface area contributed by atoms with E-state index in [0.29, 0.717) is 23.4 Å². The van der Waals surface area contributed by atoms with Crippen molar-refractivity contribution in [1.29, 1.82) is 0 Å². The van der Waals surface area contributed by atoms with Crippen LogP contribution in [-0.4, -0.2) is 11.2 Å². The molecule has 5 rings (SSSR count). The normalized spacial score (nSPS) is 14.5. The number of halogens is 3. The number of alkyl halides is 3. The minimum atomic E-state index is -4.52. The summed E-state index contributed by atoms with van der Waals surface area (Å²) in [5, 5.41) is 2.19. The van der Waals surface area contributed by atoms with Crippen LogP contribution < -0.4 is 0 Å². The van der Waals surface area contributed by atoms with E-state index in [1.807, 2.05) is 24.3 Å². The Morgan fingerprint density at radius 1 is 0.892 bits per heavy atom. The van der Waals surface area contributed by atoms with E-state index in [4.69, 9.17) is 4.42 Å². The van der Waals surface area contributed by atoms with Crippen LogP contribution in [0.3, 0.4) is 0 Å². The van der Waals surface area contributed by atoms with Crippen LogP contribution in [0, 0.1) is 5.41 Å². The molecular weight excluding hydrogens is 471 g/mol. The molecule has 1 aliphatic carbocycles. The Morgan fingerprint density at radius 3 is 2.30 bits per heavy atom. The van der Waals surface area contributed by atoms with Crippen LogP contribution in [-0.2, 0) is 18.3 Å². The highest BCUT2D eigenvalue weighted by Crippen LogP contribution is 2.49. The number of fused-ring (bicyclic) bond motifs is 2. The molecule has 2 heterocycles. The minimum absolute atomic E-state index is 0.0348. The van der Waals surface area contributed by atoms with Crippen LogP contribution in [0.5, 0.6) is 0 Å². The second-order valence-corrected chi connectivity index (χ2v) is 12.2. The molecule has 192 valence electrons. The van der Waals surface area contributed by atoms with Gasteiger partial charge in [0.25, 0.3) is 0 Å². The molecule has 0 amide bonds. The van der Waals surface area contributed by atoms with Crippen molar-refractivity contribution in [3.8, 4) is 11.3 Å². The van der Waals surface area contributed by atoms with Gasteiger partial charge in [0.1, 0.15) is 11.5 Å². The van der Waals surface area contributed by atoms with Crippen LogP contribution >= 0.6 is 0 Å². The number of hydrogen-bond acceptors (Lipinski definition) is 2. The van der Waals surface area contributed by atoms with Crippen LogP contribution in [0.25, 0.3) is 33.2 Å². The molecule has 0 saturated heterocycles. The maximum Gasteiger partial charge on any atom is 0.417 e. The Morgan fingerprint density at radius 2 is 1.62 bits per heavy atom. The zero-order valence-electron chi connectivity index (χ0n) is 22.2. The van der Waals surface area contributed by atoms with Crippen molar-refractivity contribution in [2.24, 2.45) is 5.41 Å². The smallest absolute Gasteiger partial charge is 0.417 e. The molecule has 0 unspecified atom stereocenters. The van der Waals surface area contributed by atoms with Crippen molar-refractivity contribution >= 4 is 21.9 Å². The van der Waals surface area contributed by atoms with Crippen LogP contribution in [0.1, 0.15) is 69.8 Å². The average molecular weight is 504 g/mol. The highest BCUT2D eigenvalue weighted by Gasteiger charge is 2.43. The molecule has 0 atom stereocenters. The van der Waals surface area contributed by atoms with Gasteiger partial charge in [-0.3, -0.25) is 4.98 Å². The lowest BCUT2D eigenvalue weighted by atomic mass is 9.82. The first-order chi connectivity index (χ1) is 17.2. The molecule has 0 saturated carbocycles. The summed E-state index contributed by atoms with van der Waals surface area (Å²) in [5.41, 5.74) is 2.70. The van der Waals surface area contributed by atoms with Crippen molar-refractivity contribution in [3.63, 3.8) is 0 Å². The van der Waals surface area contributed by atoms with Crippen molar-refractivity contribution in [3.05, 3.63) is 89.0 Å². The Balaban J connectivity index is 1.66. The van der Waals surface area contributed by atoms with E-state index >= 15 is 0 Å². The first kappa shape index (κ1) is 25.3. The third-order valence-corrected chi connectivity index (χ3v) is 6.87.